The molecule has 1 fully saturated rings. The first-order valence-corrected chi connectivity index (χ1v) is 7.81. The van der Waals surface area contributed by atoms with Crippen LogP contribution in [0, 0.1) is 5.82 Å². The van der Waals surface area contributed by atoms with Crippen LogP contribution in [0.25, 0.3) is 0 Å². The van der Waals surface area contributed by atoms with Crippen molar-refractivity contribution in [3.63, 3.8) is 0 Å². The van der Waals surface area contributed by atoms with Crippen molar-refractivity contribution in [2.24, 2.45) is 12.8 Å². The minimum Gasteiger partial charge on any atom is -0.494 e. The number of carbonyl (C=O) groups excluding carboxylic acids is 1. The molecule has 1 aromatic carbocycles. The third-order valence-corrected chi connectivity index (χ3v) is 4.52. The average Bonchev–Trinajstić information content (AvgIpc) is 3.13. The van der Waals surface area contributed by atoms with Gasteiger partial charge in [-0.1, -0.05) is 6.07 Å². The fourth-order valence-corrected chi connectivity index (χ4v) is 3.18. The number of benzene rings is 1. The summed E-state index contributed by atoms with van der Waals surface area (Å²) in [6.45, 7) is 1.05. The molecule has 3 rings (SSSR count). The molecule has 0 spiro atoms. The molecule has 2 heterocycles. The first-order valence-electron chi connectivity index (χ1n) is 7.81. The van der Waals surface area contributed by atoms with E-state index in [0.717, 1.165) is 5.69 Å². The summed E-state index contributed by atoms with van der Waals surface area (Å²) < 4.78 is 20.6. The molecule has 0 saturated carbocycles. The van der Waals surface area contributed by atoms with Gasteiger partial charge in [0.1, 0.15) is 0 Å². The normalized spacial score (nSPS) is 20.4. The molecule has 0 bridgehead atoms. The number of aryl methyl sites for hydroxylation is 1. The van der Waals surface area contributed by atoms with Crippen LogP contribution in [0.5, 0.6) is 5.75 Å². The number of hydrogen-bond donors (Lipinski definition) is 1. The minimum absolute atomic E-state index is 0.0558. The summed E-state index contributed by atoms with van der Waals surface area (Å²) in [4.78, 5) is 18.4. The third kappa shape index (κ3) is 3.12. The Kier molecular flexibility index (Phi) is 4.53. The van der Waals surface area contributed by atoms with Crippen LogP contribution < -0.4 is 10.5 Å². The summed E-state index contributed by atoms with van der Waals surface area (Å²) in [5.41, 5.74) is 7.85. The number of imidazole rings is 1. The SMILES string of the molecule is COc1ccc(CC(=O)N2C[C@@H](N)[C@H](c3cncn3C)C2)cc1F. The van der Waals surface area contributed by atoms with Gasteiger partial charge in [0.05, 0.1) is 19.9 Å². The van der Waals surface area contributed by atoms with Crippen molar-refractivity contribution in [1.82, 2.24) is 14.5 Å². The van der Waals surface area contributed by atoms with Gasteiger partial charge in [0.2, 0.25) is 5.91 Å². The van der Waals surface area contributed by atoms with E-state index in [9.17, 15) is 9.18 Å². The monoisotopic (exact) mass is 332 g/mol. The number of nitrogens with two attached hydrogens (primary N) is 1. The summed E-state index contributed by atoms with van der Waals surface area (Å²) in [7, 11) is 3.33. The van der Waals surface area contributed by atoms with Gasteiger partial charge >= 0.3 is 0 Å². The zero-order valence-electron chi connectivity index (χ0n) is 13.8. The number of halogens is 1. The molecule has 0 aliphatic carbocycles. The molecule has 2 aromatic rings. The fourth-order valence-electron chi connectivity index (χ4n) is 3.18. The topological polar surface area (TPSA) is 73.4 Å². The Morgan fingerprint density at radius 3 is 2.88 bits per heavy atom. The molecular weight excluding hydrogens is 311 g/mol. The minimum atomic E-state index is -0.464. The largest absolute Gasteiger partial charge is 0.494 e. The number of ether oxygens (including phenoxy) is 1. The van der Waals surface area contributed by atoms with E-state index in [1.165, 1.54) is 19.2 Å². The van der Waals surface area contributed by atoms with E-state index in [1.54, 1.807) is 23.5 Å². The summed E-state index contributed by atoms with van der Waals surface area (Å²) in [5, 5.41) is 0. The Bertz CT molecular complexity index is 746. The van der Waals surface area contributed by atoms with Crippen molar-refractivity contribution in [2.75, 3.05) is 20.2 Å². The van der Waals surface area contributed by atoms with E-state index in [-0.39, 0.29) is 30.0 Å². The Balaban J connectivity index is 1.68. The first-order chi connectivity index (χ1) is 11.5. The number of likely N-dealkylation sites (tertiary alicyclic amines) is 1. The number of rotatable bonds is 4. The van der Waals surface area contributed by atoms with Crippen LogP contribution in [0.4, 0.5) is 4.39 Å². The molecule has 0 radical (unpaired) electrons. The highest BCUT2D eigenvalue weighted by atomic mass is 19.1. The van der Waals surface area contributed by atoms with Crippen LogP contribution in [0.2, 0.25) is 0 Å². The first kappa shape index (κ1) is 16.4. The van der Waals surface area contributed by atoms with Crippen LogP contribution in [0.1, 0.15) is 17.2 Å². The van der Waals surface area contributed by atoms with Crippen LogP contribution in [0.3, 0.4) is 0 Å². The fraction of sp³-hybridized carbons (Fsp3) is 0.412. The second-order valence-corrected chi connectivity index (χ2v) is 6.14. The lowest BCUT2D eigenvalue weighted by atomic mass is 10.0. The van der Waals surface area contributed by atoms with Crippen LogP contribution >= 0.6 is 0 Å². The maximum Gasteiger partial charge on any atom is 0.227 e. The molecule has 2 atom stereocenters. The number of methoxy groups -OCH3 is 1. The van der Waals surface area contributed by atoms with Crippen molar-refractivity contribution in [3.05, 3.63) is 47.8 Å². The number of carbonyl (C=O) groups is 1. The van der Waals surface area contributed by atoms with Crippen molar-refractivity contribution in [2.45, 2.75) is 18.4 Å². The molecule has 1 aliphatic heterocycles. The Morgan fingerprint density at radius 2 is 2.25 bits per heavy atom. The summed E-state index contributed by atoms with van der Waals surface area (Å²) in [5.74, 6) is -0.284. The van der Waals surface area contributed by atoms with Gasteiger partial charge in [-0.2, -0.15) is 0 Å². The van der Waals surface area contributed by atoms with Gasteiger partial charge < -0.3 is 19.9 Å². The van der Waals surface area contributed by atoms with Crippen molar-refractivity contribution in [1.29, 1.82) is 0 Å². The zero-order valence-corrected chi connectivity index (χ0v) is 13.8. The number of amides is 1. The number of nitrogens with zero attached hydrogens (tertiary/aromatic N) is 3. The molecule has 24 heavy (non-hydrogen) atoms. The quantitative estimate of drug-likeness (QED) is 0.909. The van der Waals surface area contributed by atoms with Crippen molar-refractivity contribution in [3.8, 4) is 5.75 Å². The summed E-state index contributed by atoms with van der Waals surface area (Å²) in [6.07, 6.45) is 3.66. The van der Waals surface area contributed by atoms with Crippen LogP contribution in [0.15, 0.2) is 30.7 Å². The van der Waals surface area contributed by atoms with Crippen molar-refractivity contribution >= 4 is 5.91 Å². The van der Waals surface area contributed by atoms with Gasteiger partial charge in [0, 0.05) is 44.0 Å². The maximum atomic E-state index is 13.8. The highest BCUT2D eigenvalue weighted by molar-refractivity contribution is 5.79. The molecule has 128 valence electrons. The van der Waals surface area contributed by atoms with E-state index in [0.29, 0.717) is 18.7 Å². The molecule has 1 amide bonds. The van der Waals surface area contributed by atoms with E-state index in [1.807, 2.05) is 11.6 Å². The van der Waals surface area contributed by atoms with Gasteiger partial charge in [-0.25, -0.2) is 9.37 Å². The molecule has 0 unspecified atom stereocenters. The van der Waals surface area contributed by atoms with Gasteiger partial charge in [0.25, 0.3) is 0 Å². The van der Waals surface area contributed by atoms with Crippen molar-refractivity contribution < 1.29 is 13.9 Å². The van der Waals surface area contributed by atoms with Gasteiger partial charge in [-0.3, -0.25) is 4.79 Å². The molecule has 1 aliphatic rings. The van der Waals surface area contributed by atoms with Gasteiger partial charge in [-0.15, -0.1) is 0 Å². The summed E-state index contributed by atoms with van der Waals surface area (Å²) in [6, 6.07) is 4.45. The molecule has 7 heteroatoms. The van der Waals surface area contributed by atoms with Crippen LogP contribution in [-0.4, -0.2) is 46.6 Å². The van der Waals surface area contributed by atoms with E-state index >= 15 is 0 Å². The molecule has 6 nitrogen and oxygen atoms in total. The smallest absolute Gasteiger partial charge is 0.227 e. The third-order valence-electron chi connectivity index (χ3n) is 4.52. The van der Waals surface area contributed by atoms with E-state index in [4.69, 9.17) is 10.5 Å². The van der Waals surface area contributed by atoms with Gasteiger partial charge in [0.15, 0.2) is 11.6 Å². The lowest BCUT2D eigenvalue weighted by molar-refractivity contribution is -0.129. The lowest BCUT2D eigenvalue weighted by Gasteiger charge is -2.17. The molecule has 2 N–H and O–H groups in total. The van der Waals surface area contributed by atoms with E-state index < -0.39 is 5.82 Å². The predicted octanol–water partition coefficient (Wildman–Crippen LogP) is 1.06. The molecular formula is C17H21FN4O2. The Hall–Kier alpha value is -2.41. The summed E-state index contributed by atoms with van der Waals surface area (Å²) >= 11 is 0. The highest BCUT2D eigenvalue weighted by Crippen LogP contribution is 2.26. The van der Waals surface area contributed by atoms with Crippen LogP contribution in [-0.2, 0) is 18.3 Å². The Morgan fingerprint density at radius 1 is 1.46 bits per heavy atom. The van der Waals surface area contributed by atoms with Gasteiger partial charge in [-0.05, 0) is 17.7 Å². The highest BCUT2D eigenvalue weighted by Gasteiger charge is 2.35. The maximum absolute atomic E-state index is 13.8. The molecule has 1 aromatic heterocycles. The average molecular weight is 332 g/mol. The second-order valence-electron chi connectivity index (χ2n) is 6.14. The molecule has 1 saturated heterocycles. The zero-order chi connectivity index (χ0) is 17.3. The number of hydrogen-bond acceptors (Lipinski definition) is 4. The lowest BCUT2D eigenvalue weighted by Crippen LogP contribution is -2.33. The second kappa shape index (κ2) is 6.60. The Labute approximate surface area is 140 Å². The standard InChI is InChI=1S/C17H21FN4O2/c1-21-10-20-7-15(21)12-8-22(9-14(12)19)17(23)6-11-3-4-16(24-2)13(18)5-11/h3-5,7,10,12,14H,6,8-9,19H2,1-2H3/t12-,14-/m1/s1. The predicted molar refractivity (Wildman–Crippen MR) is 87.2 cm³/mol. The number of aromatic nitrogens is 2. The van der Waals surface area contributed by atoms with E-state index in [2.05, 4.69) is 4.98 Å².